The van der Waals surface area contributed by atoms with Crippen LogP contribution in [0.3, 0.4) is 0 Å². The lowest BCUT2D eigenvalue weighted by atomic mass is 9.86. The molecule has 2 rings (SSSR count). The van der Waals surface area contributed by atoms with E-state index in [1.807, 2.05) is 24.3 Å². The number of amides is 1. The highest BCUT2D eigenvalue weighted by atomic mass is 79.9. The van der Waals surface area contributed by atoms with E-state index in [2.05, 4.69) is 42.0 Å². The first kappa shape index (κ1) is 15.6. The molecule has 0 heterocycles. The number of nitrogens with two attached hydrogens (primary N) is 1. The van der Waals surface area contributed by atoms with Crippen molar-refractivity contribution in [2.24, 2.45) is 0 Å². The number of nitrogen functional groups attached to an aromatic ring is 1. The monoisotopic (exact) mass is 346 g/mol. The maximum atomic E-state index is 12.4. The van der Waals surface area contributed by atoms with E-state index in [-0.39, 0.29) is 11.3 Å². The Bertz CT molecular complexity index is 654. The zero-order valence-electron chi connectivity index (χ0n) is 12.4. The van der Waals surface area contributed by atoms with Gasteiger partial charge in [-0.05, 0) is 35.2 Å². The molecule has 1 amide bonds. The zero-order chi connectivity index (χ0) is 15.6. The minimum absolute atomic E-state index is 0.0415. The van der Waals surface area contributed by atoms with Crippen molar-refractivity contribution in [2.75, 3.05) is 11.1 Å². The van der Waals surface area contributed by atoms with Gasteiger partial charge in [-0.1, -0.05) is 54.9 Å². The largest absolute Gasteiger partial charge is 0.399 e. The second-order valence-corrected chi connectivity index (χ2v) is 6.94. The summed E-state index contributed by atoms with van der Waals surface area (Å²) in [5.74, 6) is -0.167. The van der Waals surface area contributed by atoms with Gasteiger partial charge in [0.1, 0.15) is 0 Å². The summed E-state index contributed by atoms with van der Waals surface area (Å²) >= 11 is 3.35. The van der Waals surface area contributed by atoms with Gasteiger partial charge in [0.25, 0.3) is 5.91 Å². The molecule has 0 radical (unpaired) electrons. The second kappa shape index (κ2) is 5.90. The highest BCUT2D eigenvalue weighted by Gasteiger charge is 2.19. The average molecular weight is 347 g/mol. The Hall–Kier alpha value is -1.81. The summed E-state index contributed by atoms with van der Waals surface area (Å²) in [4.78, 5) is 12.4. The molecule has 0 aliphatic heterocycles. The number of para-hydroxylation sites is 1. The van der Waals surface area contributed by atoms with E-state index in [1.165, 1.54) is 0 Å². The van der Waals surface area contributed by atoms with Crippen molar-refractivity contribution in [3.05, 3.63) is 58.1 Å². The number of carbonyl (C=O) groups is 1. The first-order chi connectivity index (χ1) is 9.77. The third-order valence-corrected chi connectivity index (χ3v) is 3.62. The SMILES string of the molecule is CC(C)(C)c1ccccc1NC(=O)c1cc(N)cc(Br)c1. The van der Waals surface area contributed by atoms with Crippen LogP contribution in [0.25, 0.3) is 0 Å². The van der Waals surface area contributed by atoms with Crippen LogP contribution in [0.2, 0.25) is 0 Å². The number of halogens is 1. The van der Waals surface area contributed by atoms with Gasteiger partial charge < -0.3 is 11.1 Å². The summed E-state index contributed by atoms with van der Waals surface area (Å²) in [6, 6.07) is 13.0. The van der Waals surface area contributed by atoms with Gasteiger partial charge in [-0.3, -0.25) is 4.79 Å². The molecular formula is C17H19BrN2O. The predicted molar refractivity (Wildman–Crippen MR) is 91.6 cm³/mol. The first-order valence-electron chi connectivity index (χ1n) is 6.74. The molecule has 0 aromatic heterocycles. The highest BCUT2D eigenvalue weighted by Crippen LogP contribution is 2.29. The molecule has 21 heavy (non-hydrogen) atoms. The lowest BCUT2D eigenvalue weighted by molar-refractivity contribution is 0.102. The van der Waals surface area contributed by atoms with Crippen molar-refractivity contribution in [3.8, 4) is 0 Å². The Morgan fingerprint density at radius 1 is 1.14 bits per heavy atom. The summed E-state index contributed by atoms with van der Waals surface area (Å²) in [7, 11) is 0. The molecule has 3 N–H and O–H groups in total. The van der Waals surface area contributed by atoms with Gasteiger partial charge in [-0.25, -0.2) is 0 Å². The molecule has 0 unspecified atom stereocenters. The minimum Gasteiger partial charge on any atom is -0.399 e. The molecule has 0 aliphatic carbocycles. The fraction of sp³-hybridized carbons (Fsp3) is 0.235. The molecule has 0 saturated carbocycles. The standard InChI is InChI=1S/C17H19BrN2O/c1-17(2,3)14-6-4-5-7-15(14)20-16(21)11-8-12(18)10-13(19)9-11/h4-10H,19H2,1-3H3,(H,20,21). The number of nitrogens with one attached hydrogen (secondary N) is 1. The number of hydrogen-bond acceptors (Lipinski definition) is 2. The molecular weight excluding hydrogens is 328 g/mol. The fourth-order valence-corrected chi connectivity index (χ4v) is 2.69. The Kier molecular flexibility index (Phi) is 4.37. The quantitative estimate of drug-likeness (QED) is 0.781. The summed E-state index contributed by atoms with van der Waals surface area (Å²) in [6.45, 7) is 6.36. The second-order valence-electron chi connectivity index (χ2n) is 6.02. The zero-order valence-corrected chi connectivity index (χ0v) is 14.0. The van der Waals surface area contributed by atoms with Crippen molar-refractivity contribution >= 4 is 33.2 Å². The van der Waals surface area contributed by atoms with Gasteiger partial charge in [0.05, 0.1) is 0 Å². The van der Waals surface area contributed by atoms with Crippen molar-refractivity contribution in [3.63, 3.8) is 0 Å². The number of rotatable bonds is 2. The topological polar surface area (TPSA) is 55.1 Å². The van der Waals surface area contributed by atoms with E-state index in [0.717, 1.165) is 15.7 Å². The summed E-state index contributed by atoms with van der Waals surface area (Å²) in [5.41, 5.74) is 8.75. The van der Waals surface area contributed by atoms with E-state index >= 15 is 0 Å². The van der Waals surface area contributed by atoms with E-state index in [4.69, 9.17) is 5.73 Å². The molecule has 4 heteroatoms. The number of carbonyl (C=O) groups excluding carboxylic acids is 1. The van der Waals surface area contributed by atoms with Crippen LogP contribution in [0, 0.1) is 0 Å². The molecule has 0 bridgehead atoms. The van der Waals surface area contributed by atoms with Gasteiger partial charge in [0.15, 0.2) is 0 Å². The molecule has 0 spiro atoms. The van der Waals surface area contributed by atoms with Gasteiger partial charge in [-0.15, -0.1) is 0 Å². The van der Waals surface area contributed by atoms with Gasteiger partial charge in [-0.2, -0.15) is 0 Å². The van der Waals surface area contributed by atoms with E-state index < -0.39 is 0 Å². The maximum absolute atomic E-state index is 12.4. The molecule has 2 aromatic rings. The summed E-state index contributed by atoms with van der Waals surface area (Å²) in [5, 5.41) is 2.97. The molecule has 0 atom stereocenters. The molecule has 110 valence electrons. The lowest BCUT2D eigenvalue weighted by Gasteiger charge is -2.23. The van der Waals surface area contributed by atoms with Crippen molar-refractivity contribution in [1.29, 1.82) is 0 Å². The van der Waals surface area contributed by atoms with Gasteiger partial charge in [0.2, 0.25) is 0 Å². The minimum atomic E-state index is -0.167. The van der Waals surface area contributed by atoms with Crippen LogP contribution in [0.5, 0.6) is 0 Å². The molecule has 0 aliphatic rings. The predicted octanol–water partition coefficient (Wildman–Crippen LogP) is 4.58. The summed E-state index contributed by atoms with van der Waals surface area (Å²) < 4.78 is 0.789. The normalized spacial score (nSPS) is 11.2. The smallest absolute Gasteiger partial charge is 0.255 e. The van der Waals surface area contributed by atoms with Crippen molar-refractivity contribution in [2.45, 2.75) is 26.2 Å². The maximum Gasteiger partial charge on any atom is 0.255 e. The average Bonchev–Trinajstić information content (AvgIpc) is 2.37. The van der Waals surface area contributed by atoms with Crippen LogP contribution in [0.4, 0.5) is 11.4 Å². The van der Waals surface area contributed by atoms with Crippen LogP contribution >= 0.6 is 15.9 Å². The molecule has 3 nitrogen and oxygen atoms in total. The third-order valence-electron chi connectivity index (χ3n) is 3.17. The highest BCUT2D eigenvalue weighted by molar-refractivity contribution is 9.10. The van der Waals surface area contributed by atoms with Crippen molar-refractivity contribution in [1.82, 2.24) is 0 Å². The Labute approximate surface area is 133 Å². The van der Waals surface area contributed by atoms with Crippen LogP contribution in [0.15, 0.2) is 46.9 Å². The fourth-order valence-electron chi connectivity index (χ4n) is 2.18. The van der Waals surface area contributed by atoms with Crippen LogP contribution in [0.1, 0.15) is 36.7 Å². The number of benzene rings is 2. The van der Waals surface area contributed by atoms with Crippen LogP contribution < -0.4 is 11.1 Å². The van der Waals surface area contributed by atoms with Crippen LogP contribution in [-0.4, -0.2) is 5.91 Å². The molecule has 0 fully saturated rings. The Morgan fingerprint density at radius 2 is 1.81 bits per heavy atom. The molecule has 2 aromatic carbocycles. The van der Waals surface area contributed by atoms with E-state index in [1.54, 1.807) is 18.2 Å². The van der Waals surface area contributed by atoms with Gasteiger partial charge in [0, 0.05) is 21.4 Å². The number of hydrogen-bond donors (Lipinski definition) is 2. The number of anilines is 2. The van der Waals surface area contributed by atoms with Gasteiger partial charge >= 0.3 is 0 Å². The third kappa shape index (κ3) is 3.85. The van der Waals surface area contributed by atoms with E-state index in [0.29, 0.717) is 11.3 Å². The van der Waals surface area contributed by atoms with Crippen LogP contribution in [-0.2, 0) is 5.41 Å². The van der Waals surface area contributed by atoms with Crippen molar-refractivity contribution < 1.29 is 4.79 Å². The Morgan fingerprint density at radius 3 is 2.43 bits per heavy atom. The van der Waals surface area contributed by atoms with E-state index in [9.17, 15) is 4.79 Å². The first-order valence-corrected chi connectivity index (χ1v) is 7.53. The summed E-state index contributed by atoms with van der Waals surface area (Å²) in [6.07, 6.45) is 0. The Balaban J connectivity index is 2.32. The molecule has 0 saturated heterocycles. The lowest BCUT2D eigenvalue weighted by Crippen LogP contribution is -2.18.